The zero-order valence-corrected chi connectivity index (χ0v) is 33.1. The third-order valence-corrected chi connectivity index (χ3v) is 16.1. The molecule has 0 aliphatic carbocycles. The van der Waals surface area contributed by atoms with Gasteiger partial charge in [-0.2, -0.15) is 15.0 Å². The van der Waals surface area contributed by atoms with E-state index in [-0.39, 0.29) is 0 Å². The Morgan fingerprint density at radius 3 is 1.34 bits per heavy atom. The van der Waals surface area contributed by atoms with Gasteiger partial charge in [0.2, 0.25) is 11.9 Å². The molecule has 0 N–H and O–H groups in total. The first-order chi connectivity index (χ1) is 28.7. The molecule has 276 valence electrons. The standard InChI is InChI=1S/C52H39N5Si/c1-3-20-46-42(4-2)43-27-14-17-30-47(43)56(46)51-53-50(54-52(55-51)57-48-31-18-15-28-44(48)45-29-16-19-32-49(45)57)37-33-35-41(36-34-37)58(38-21-8-5-9-22-38,39-23-10-6-11-24-39)40-25-12-7-13-26-40/h3-36H,2H2,1H3/b20-3-. The number of benzene rings is 7. The van der Waals surface area contributed by atoms with Gasteiger partial charge in [-0.15, -0.1) is 0 Å². The zero-order valence-electron chi connectivity index (χ0n) is 32.1. The van der Waals surface area contributed by atoms with Gasteiger partial charge in [0.1, 0.15) is 0 Å². The molecule has 0 spiro atoms. The topological polar surface area (TPSA) is 48.5 Å². The van der Waals surface area contributed by atoms with Crippen LogP contribution in [0.25, 0.3) is 68.1 Å². The number of para-hydroxylation sites is 3. The smallest absolute Gasteiger partial charge is 0.240 e. The number of hydrogen-bond donors (Lipinski definition) is 0. The van der Waals surface area contributed by atoms with E-state index in [1.165, 1.54) is 20.7 Å². The van der Waals surface area contributed by atoms with Crippen molar-refractivity contribution >= 4 is 73.7 Å². The maximum absolute atomic E-state index is 5.33. The van der Waals surface area contributed by atoms with Crippen molar-refractivity contribution in [3.63, 3.8) is 0 Å². The molecule has 6 heteroatoms. The highest BCUT2D eigenvalue weighted by Gasteiger charge is 2.41. The Morgan fingerprint density at radius 2 is 0.862 bits per heavy atom. The molecule has 0 bridgehead atoms. The first-order valence-corrected chi connectivity index (χ1v) is 21.6. The Labute approximate surface area is 338 Å². The van der Waals surface area contributed by atoms with E-state index in [1.807, 2.05) is 13.0 Å². The number of allylic oxidation sites excluding steroid dienone is 1. The third-order valence-electron chi connectivity index (χ3n) is 11.3. The van der Waals surface area contributed by atoms with Crippen LogP contribution in [0.5, 0.6) is 0 Å². The molecule has 58 heavy (non-hydrogen) atoms. The van der Waals surface area contributed by atoms with Crippen LogP contribution in [-0.4, -0.2) is 32.2 Å². The SMILES string of the molecule is C=Cc1c(/C=C\C)n(-c2nc(-c3ccc([Si](c4ccccc4)(c4ccccc4)c4ccccc4)cc3)nc(-n3c4ccccc4c4ccccc43)n2)c2ccccc12. The maximum Gasteiger partial charge on any atom is 0.240 e. The van der Waals surface area contributed by atoms with E-state index in [4.69, 9.17) is 15.0 Å². The molecule has 10 aromatic rings. The number of hydrogen-bond acceptors (Lipinski definition) is 3. The van der Waals surface area contributed by atoms with E-state index in [1.54, 1.807) is 0 Å². The zero-order chi connectivity index (χ0) is 39.1. The fraction of sp³-hybridized carbons (Fsp3) is 0.0192. The Balaban J connectivity index is 1.24. The van der Waals surface area contributed by atoms with Crippen LogP contribution in [0.3, 0.4) is 0 Å². The van der Waals surface area contributed by atoms with E-state index >= 15 is 0 Å². The first-order valence-electron chi connectivity index (χ1n) is 19.6. The summed E-state index contributed by atoms with van der Waals surface area (Å²) in [6.45, 7) is 6.25. The molecule has 10 rings (SSSR count). The van der Waals surface area contributed by atoms with E-state index in [0.29, 0.717) is 17.7 Å². The molecule has 0 fully saturated rings. The fourth-order valence-electron chi connectivity index (χ4n) is 8.79. The van der Waals surface area contributed by atoms with Crippen LogP contribution in [0.4, 0.5) is 0 Å². The molecule has 3 aromatic heterocycles. The van der Waals surface area contributed by atoms with Crippen molar-refractivity contribution in [1.29, 1.82) is 0 Å². The van der Waals surface area contributed by atoms with E-state index in [0.717, 1.165) is 49.5 Å². The Hall–Kier alpha value is -7.41. The van der Waals surface area contributed by atoms with Crippen molar-refractivity contribution in [2.75, 3.05) is 0 Å². The Kier molecular flexibility index (Phi) is 8.81. The van der Waals surface area contributed by atoms with Crippen LogP contribution < -0.4 is 20.7 Å². The molecule has 5 nitrogen and oxygen atoms in total. The lowest BCUT2D eigenvalue weighted by atomic mass is 10.1. The van der Waals surface area contributed by atoms with E-state index in [2.05, 4.69) is 216 Å². The molecule has 0 aliphatic rings. The summed E-state index contributed by atoms with van der Waals surface area (Å²) in [6, 6.07) is 67.2. The van der Waals surface area contributed by atoms with Gasteiger partial charge in [-0.25, -0.2) is 0 Å². The molecule has 0 unspecified atom stereocenters. The average Bonchev–Trinajstić information content (AvgIpc) is 3.80. The molecular formula is C52H39N5Si. The summed E-state index contributed by atoms with van der Waals surface area (Å²) in [4.78, 5) is 16.0. The fourth-order valence-corrected chi connectivity index (χ4v) is 13.5. The van der Waals surface area contributed by atoms with Gasteiger partial charge in [-0.1, -0.05) is 189 Å². The van der Waals surface area contributed by atoms with Crippen LogP contribution in [0.2, 0.25) is 0 Å². The van der Waals surface area contributed by atoms with Crippen molar-refractivity contribution in [2.24, 2.45) is 0 Å². The van der Waals surface area contributed by atoms with Crippen molar-refractivity contribution in [3.05, 3.63) is 212 Å². The van der Waals surface area contributed by atoms with E-state index in [9.17, 15) is 0 Å². The highest BCUT2D eigenvalue weighted by Crippen LogP contribution is 2.34. The van der Waals surface area contributed by atoms with Crippen LogP contribution in [0.1, 0.15) is 18.2 Å². The number of fused-ring (bicyclic) bond motifs is 4. The van der Waals surface area contributed by atoms with Gasteiger partial charge in [0.15, 0.2) is 13.9 Å². The predicted molar refractivity (Wildman–Crippen MR) is 245 cm³/mol. The molecule has 3 heterocycles. The van der Waals surface area contributed by atoms with Gasteiger partial charge in [0.05, 0.1) is 22.2 Å². The summed E-state index contributed by atoms with van der Waals surface area (Å²) in [5, 5.41) is 8.62. The van der Waals surface area contributed by atoms with Gasteiger partial charge in [0, 0.05) is 27.3 Å². The Bertz CT molecular complexity index is 2980. The lowest BCUT2D eigenvalue weighted by Gasteiger charge is -2.34. The molecule has 0 atom stereocenters. The normalized spacial score (nSPS) is 11.9. The van der Waals surface area contributed by atoms with Gasteiger partial charge >= 0.3 is 0 Å². The summed E-state index contributed by atoms with van der Waals surface area (Å²) in [5.41, 5.74) is 5.95. The van der Waals surface area contributed by atoms with Crippen LogP contribution in [0, 0.1) is 0 Å². The largest absolute Gasteiger partial charge is 0.278 e. The van der Waals surface area contributed by atoms with Crippen molar-refractivity contribution in [2.45, 2.75) is 6.92 Å². The number of rotatable bonds is 9. The van der Waals surface area contributed by atoms with Gasteiger partial charge in [-0.05, 0) is 51.9 Å². The molecule has 0 saturated heterocycles. The first kappa shape index (κ1) is 35.0. The van der Waals surface area contributed by atoms with Crippen LogP contribution >= 0.6 is 0 Å². The van der Waals surface area contributed by atoms with Crippen molar-refractivity contribution < 1.29 is 0 Å². The number of nitrogens with zero attached hydrogens (tertiary/aromatic N) is 5. The maximum atomic E-state index is 5.33. The van der Waals surface area contributed by atoms with E-state index < -0.39 is 8.07 Å². The molecule has 0 radical (unpaired) electrons. The van der Waals surface area contributed by atoms with Crippen LogP contribution in [0.15, 0.2) is 201 Å². The summed E-state index contributed by atoms with van der Waals surface area (Å²) in [5.74, 6) is 1.67. The predicted octanol–water partition coefficient (Wildman–Crippen LogP) is 9.63. The van der Waals surface area contributed by atoms with Gasteiger partial charge in [0.25, 0.3) is 0 Å². The summed E-state index contributed by atoms with van der Waals surface area (Å²) in [6.07, 6.45) is 6.08. The lowest BCUT2D eigenvalue weighted by Crippen LogP contribution is -2.74. The molecule has 7 aromatic carbocycles. The monoisotopic (exact) mass is 761 g/mol. The summed E-state index contributed by atoms with van der Waals surface area (Å²) >= 11 is 0. The Morgan fingerprint density at radius 1 is 0.448 bits per heavy atom. The lowest BCUT2D eigenvalue weighted by molar-refractivity contribution is 0.877. The van der Waals surface area contributed by atoms with Crippen LogP contribution in [-0.2, 0) is 0 Å². The van der Waals surface area contributed by atoms with Crippen molar-refractivity contribution in [3.8, 4) is 23.3 Å². The van der Waals surface area contributed by atoms with Gasteiger partial charge < -0.3 is 0 Å². The highest BCUT2D eigenvalue weighted by molar-refractivity contribution is 7.19. The molecular weight excluding hydrogens is 723 g/mol. The molecule has 0 amide bonds. The highest BCUT2D eigenvalue weighted by atomic mass is 28.3. The number of aromatic nitrogens is 5. The second kappa shape index (κ2) is 14.6. The summed E-state index contributed by atoms with van der Waals surface area (Å²) in [7, 11) is -2.73. The summed E-state index contributed by atoms with van der Waals surface area (Å²) < 4.78 is 4.31. The molecule has 0 saturated carbocycles. The van der Waals surface area contributed by atoms with Crippen molar-refractivity contribution in [1.82, 2.24) is 24.1 Å². The minimum Gasteiger partial charge on any atom is -0.278 e. The second-order valence-corrected chi connectivity index (χ2v) is 18.2. The molecule has 0 aliphatic heterocycles. The van der Waals surface area contributed by atoms with Gasteiger partial charge in [-0.3, -0.25) is 9.13 Å². The quantitative estimate of drug-likeness (QED) is 0.109. The minimum absolute atomic E-state index is 0.532. The third kappa shape index (κ3) is 5.57. The average molecular weight is 762 g/mol. The minimum atomic E-state index is -2.73. The second-order valence-electron chi connectivity index (χ2n) is 14.4.